The molecule has 0 aromatic heterocycles. The molecule has 150 valence electrons. The lowest BCUT2D eigenvalue weighted by molar-refractivity contribution is -0.864. The monoisotopic (exact) mass is 396 g/mol. The molecule has 2 aromatic rings. The highest BCUT2D eigenvalue weighted by atomic mass is 19.1. The second-order valence-corrected chi connectivity index (χ2v) is 7.33. The number of hydrogen-bond acceptors (Lipinski definition) is 3. The van der Waals surface area contributed by atoms with Crippen molar-refractivity contribution in [3.05, 3.63) is 82.9 Å². The maximum atomic E-state index is 13.4. The summed E-state index contributed by atoms with van der Waals surface area (Å²) < 4.78 is 18.4. The van der Waals surface area contributed by atoms with Crippen LogP contribution >= 0.6 is 0 Å². The highest BCUT2D eigenvalue weighted by molar-refractivity contribution is 5.85. The van der Waals surface area contributed by atoms with Gasteiger partial charge >= 0.3 is 12.0 Å². The lowest BCUT2D eigenvalue weighted by Gasteiger charge is -2.34. The molecule has 2 aliphatic heterocycles. The Bertz CT molecular complexity index is 958. The standard InChI is InChI=1S/C22H22FN3O3/c1-29-21(27)19-18(13-26-11-10-14-4-2-3-5-16(14)12-26)24-22(28)25-20(19)15-6-8-17(23)9-7-15/h2-9,13,19-20H,10-12H2,1H3,(H2,24,25,28)/p+1/b18-13+/t19-,20-/m1/s1. The number of urea groups is 1. The third-order valence-corrected chi connectivity index (χ3v) is 5.51. The van der Waals surface area contributed by atoms with Crippen LogP contribution in [0.15, 0.2) is 60.4 Å². The lowest BCUT2D eigenvalue weighted by atomic mass is 9.88. The van der Waals surface area contributed by atoms with E-state index in [0.29, 0.717) is 11.3 Å². The first-order valence-electron chi connectivity index (χ1n) is 9.59. The molecule has 2 amide bonds. The Labute approximate surface area is 168 Å². The van der Waals surface area contributed by atoms with E-state index in [-0.39, 0.29) is 5.82 Å². The summed E-state index contributed by atoms with van der Waals surface area (Å²) >= 11 is 0. The molecule has 2 heterocycles. The van der Waals surface area contributed by atoms with Gasteiger partial charge in [-0.1, -0.05) is 36.4 Å². The predicted molar refractivity (Wildman–Crippen MR) is 104 cm³/mol. The molecule has 0 bridgehead atoms. The third kappa shape index (κ3) is 4.00. The van der Waals surface area contributed by atoms with Crippen LogP contribution in [0.2, 0.25) is 0 Å². The summed E-state index contributed by atoms with van der Waals surface area (Å²) in [5.74, 6) is -1.58. The van der Waals surface area contributed by atoms with E-state index in [4.69, 9.17) is 4.74 Å². The van der Waals surface area contributed by atoms with Crippen molar-refractivity contribution in [3.63, 3.8) is 0 Å². The van der Waals surface area contributed by atoms with Crippen molar-refractivity contribution < 1.29 is 23.6 Å². The molecule has 7 heteroatoms. The fraction of sp³-hybridized carbons (Fsp3) is 0.273. The Hall–Kier alpha value is -3.19. The highest BCUT2D eigenvalue weighted by Crippen LogP contribution is 2.30. The van der Waals surface area contributed by atoms with Crippen LogP contribution in [0.25, 0.3) is 0 Å². The van der Waals surface area contributed by atoms with Gasteiger partial charge in [-0.25, -0.2) is 9.18 Å². The molecule has 0 radical (unpaired) electrons. The van der Waals surface area contributed by atoms with Gasteiger partial charge in [0.05, 0.1) is 25.4 Å². The zero-order valence-corrected chi connectivity index (χ0v) is 16.1. The van der Waals surface area contributed by atoms with Crippen molar-refractivity contribution in [3.8, 4) is 0 Å². The number of hydrogen-bond donors (Lipinski definition) is 3. The van der Waals surface area contributed by atoms with Gasteiger partial charge in [0.2, 0.25) is 0 Å². The van der Waals surface area contributed by atoms with E-state index < -0.39 is 24.0 Å². The molecular formula is C22H23FN3O3+. The highest BCUT2D eigenvalue weighted by Gasteiger charge is 2.41. The number of carbonyl (C=O) groups is 2. The minimum Gasteiger partial charge on any atom is -0.468 e. The third-order valence-electron chi connectivity index (χ3n) is 5.51. The molecule has 29 heavy (non-hydrogen) atoms. The maximum Gasteiger partial charge on any atom is 0.319 e. The molecule has 2 aromatic carbocycles. The summed E-state index contributed by atoms with van der Waals surface area (Å²) in [6.45, 7) is 1.64. The molecule has 3 atom stereocenters. The number of halogens is 1. The van der Waals surface area contributed by atoms with Gasteiger partial charge in [-0.2, -0.15) is 0 Å². The summed E-state index contributed by atoms with van der Waals surface area (Å²) in [6, 6.07) is 13.0. The van der Waals surface area contributed by atoms with Crippen LogP contribution in [-0.2, 0) is 22.5 Å². The van der Waals surface area contributed by atoms with E-state index >= 15 is 0 Å². The van der Waals surface area contributed by atoms with E-state index in [1.807, 2.05) is 18.3 Å². The number of amides is 2. The number of carbonyl (C=O) groups excluding carboxylic acids is 2. The summed E-state index contributed by atoms with van der Waals surface area (Å²) in [5, 5.41) is 5.56. The summed E-state index contributed by atoms with van der Waals surface area (Å²) in [6.07, 6.45) is 2.83. The van der Waals surface area contributed by atoms with E-state index in [1.54, 1.807) is 12.1 Å². The first-order valence-corrected chi connectivity index (χ1v) is 9.59. The van der Waals surface area contributed by atoms with Crippen molar-refractivity contribution >= 4 is 12.0 Å². The summed E-state index contributed by atoms with van der Waals surface area (Å²) in [5.41, 5.74) is 3.74. The second kappa shape index (κ2) is 8.05. The van der Waals surface area contributed by atoms with E-state index in [0.717, 1.165) is 24.4 Å². The number of methoxy groups -OCH3 is 1. The van der Waals surface area contributed by atoms with Crippen molar-refractivity contribution in [2.75, 3.05) is 13.7 Å². The minimum absolute atomic E-state index is 0.379. The average Bonchev–Trinajstić information content (AvgIpc) is 2.73. The van der Waals surface area contributed by atoms with E-state index in [9.17, 15) is 14.0 Å². The van der Waals surface area contributed by atoms with Gasteiger partial charge in [-0.05, 0) is 23.3 Å². The fourth-order valence-electron chi connectivity index (χ4n) is 4.06. The van der Waals surface area contributed by atoms with E-state index in [1.165, 1.54) is 30.4 Å². The predicted octanol–water partition coefficient (Wildman–Crippen LogP) is 1.45. The van der Waals surface area contributed by atoms with Gasteiger partial charge in [0.25, 0.3) is 0 Å². The smallest absolute Gasteiger partial charge is 0.319 e. The van der Waals surface area contributed by atoms with Crippen molar-refractivity contribution in [2.45, 2.75) is 19.0 Å². The van der Waals surface area contributed by atoms with Gasteiger partial charge in [-0.3, -0.25) is 4.79 Å². The number of esters is 1. The van der Waals surface area contributed by atoms with Crippen LogP contribution in [0, 0.1) is 11.7 Å². The Kier molecular flexibility index (Phi) is 5.31. The first-order chi connectivity index (χ1) is 14.0. The SMILES string of the molecule is COC(=O)[C@@H]1/C(=C\[NH+]2CCc3ccccc3C2)NC(=O)N[C@@H]1c1ccc(F)cc1. The number of ether oxygens (including phenoxy) is 1. The molecule has 0 spiro atoms. The van der Waals surface area contributed by atoms with Crippen LogP contribution in [0.4, 0.5) is 9.18 Å². The molecule has 0 saturated carbocycles. The molecule has 1 fully saturated rings. The number of nitrogens with one attached hydrogen (secondary N) is 3. The molecule has 1 unspecified atom stereocenters. The molecular weight excluding hydrogens is 373 g/mol. The zero-order chi connectivity index (χ0) is 20.4. The number of rotatable bonds is 3. The zero-order valence-electron chi connectivity index (χ0n) is 16.1. The minimum atomic E-state index is -0.743. The molecule has 1 saturated heterocycles. The van der Waals surface area contributed by atoms with Gasteiger partial charge in [-0.15, -0.1) is 0 Å². The number of fused-ring (bicyclic) bond motifs is 1. The molecule has 2 aliphatic rings. The molecule has 6 nitrogen and oxygen atoms in total. The second-order valence-electron chi connectivity index (χ2n) is 7.33. The van der Waals surface area contributed by atoms with Crippen LogP contribution in [-0.4, -0.2) is 25.7 Å². The normalized spacial score (nSPS) is 25.0. The van der Waals surface area contributed by atoms with Crippen LogP contribution in [0.5, 0.6) is 0 Å². The molecule has 0 aliphatic carbocycles. The van der Waals surface area contributed by atoms with Crippen molar-refractivity contribution in [1.29, 1.82) is 0 Å². The molecule has 4 rings (SSSR count). The Morgan fingerprint density at radius 3 is 2.62 bits per heavy atom. The van der Waals surface area contributed by atoms with Crippen LogP contribution < -0.4 is 15.5 Å². The lowest BCUT2D eigenvalue weighted by Crippen LogP contribution is -3.07. The summed E-state index contributed by atoms with van der Waals surface area (Å²) in [7, 11) is 1.32. The summed E-state index contributed by atoms with van der Waals surface area (Å²) in [4.78, 5) is 26.1. The quantitative estimate of drug-likeness (QED) is 0.688. The largest absolute Gasteiger partial charge is 0.468 e. The van der Waals surface area contributed by atoms with E-state index in [2.05, 4.69) is 22.8 Å². The number of quaternary nitrogens is 1. The van der Waals surface area contributed by atoms with Crippen LogP contribution in [0.1, 0.15) is 22.7 Å². The van der Waals surface area contributed by atoms with Crippen molar-refractivity contribution in [2.24, 2.45) is 5.92 Å². The Balaban J connectivity index is 1.67. The molecule has 3 N–H and O–H groups in total. The van der Waals surface area contributed by atoms with Crippen molar-refractivity contribution in [1.82, 2.24) is 10.6 Å². The average molecular weight is 396 g/mol. The maximum absolute atomic E-state index is 13.4. The van der Waals surface area contributed by atoms with Crippen LogP contribution in [0.3, 0.4) is 0 Å². The van der Waals surface area contributed by atoms with Gasteiger partial charge in [0.15, 0.2) is 0 Å². The Morgan fingerprint density at radius 1 is 1.17 bits per heavy atom. The van der Waals surface area contributed by atoms with Gasteiger partial charge in [0, 0.05) is 12.0 Å². The van der Waals surface area contributed by atoms with Gasteiger partial charge in [0.1, 0.15) is 24.5 Å². The number of benzene rings is 2. The topological polar surface area (TPSA) is 71.9 Å². The fourth-order valence-corrected chi connectivity index (χ4v) is 4.06. The van der Waals surface area contributed by atoms with Gasteiger partial charge < -0.3 is 20.3 Å². The first kappa shape index (κ1) is 19.1. The Morgan fingerprint density at radius 2 is 1.90 bits per heavy atom.